The lowest BCUT2D eigenvalue weighted by atomic mass is 10.2. The molecule has 0 fully saturated rings. The van der Waals surface area contributed by atoms with E-state index in [1.165, 1.54) is 6.42 Å². The topological polar surface area (TPSA) is 52.3 Å². The Bertz CT molecular complexity index is 326. The highest BCUT2D eigenvalue weighted by Gasteiger charge is 1.99. The monoisotopic (exact) mass is 345 g/mol. The Morgan fingerprint density at radius 3 is 2.05 bits per heavy atom. The molecule has 0 aliphatic carbocycles. The van der Waals surface area contributed by atoms with Crippen LogP contribution in [0.5, 0.6) is 5.75 Å². The summed E-state index contributed by atoms with van der Waals surface area (Å²) < 4.78 is 5.52. The van der Waals surface area contributed by atoms with Crippen LogP contribution in [0, 0.1) is 0 Å². The molecule has 1 amide bonds. The molecule has 1 rings (SSSR count). The number of carbonyl (C=O) groups is 1. The average molecular weight is 346 g/mol. The van der Waals surface area contributed by atoms with Crippen LogP contribution in [0.4, 0.5) is 0 Å². The highest BCUT2D eigenvalue weighted by molar-refractivity contribution is 9.09. The van der Waals surface area contributed by atoms with E-state index in [9.17, 15) is 4.79 Å². The van der Waals surface area contributed by atoms with Crippen LogP contribution in [0.1, 0.15) is 57.3 Å². The van der Waals surface area contributed by atoms with Crippen molar-refractivity contribution in [1.82, 2.24) is 0 Å². The SMILES string of the molecule is CC.CC.NC(=O)c1ccc(OCCCCCBr)cc1. The van der Waals surface area contributed by atoms with Crippen LogP contribution in [0.15, 0.2) is 24.3 Å². The normalized spacial score (nSPS) is 8.65. The van der Waals surface area contributed by atoms with E-state index in [2.05, 4.69) is 15.9 Å². The molecule has 1 aromatic rings. The van der Waals surface area contributed by atoms with Crippen molar-refractivity contribution in [1.29, 1.82) is 0 Å². The van der Waals surface area contributed by atoms with Crippen molar-refractivity contribution < 1.29 is 9.53 Å². The highest BCUT2D eigenvalue weighted by atomic mass is 79.9. The lowest BCUT2D eigenvalue weighted by molar-refractivity contribution is 0.100. The summed E-state index contributed by atoms with van der Waals surface area (Å²) in [6, 6.07) is 6.89. The van der Waals surface area contributed by atoms with Gasteiger partial charge in [0.2, 0.25) is 5.91 Å². The summed E-state index contributed by atoms with van der Waals surface area (Å²) >= 11 is 3.38. The summed E-state index contributed by atoms with van der Waals surface area (Å²) in [5.74, 6) is 0.368. The van der Waals surface area contributed by atoms with Crippen LogP contribution in [0.3, 0.4) is 0 Å². The van der Waals surface area contributed by atoms with Gasteiger partial charge in [-0.05, 0) is 43.5 Å². The van der Waals surface area contributed by atoms with Crippen molar-refractivity contribution in [3.05, 3.63) is 29.8 Å². The van der Waals surface area contributed by atoms with Gasteiger partial charge in [-0.3, -0.25) is 4.79 Å². The van der Waals surface area contributed by atoms with Gasteiger partial charge in [-0.15, -0.1) is 0 Å². The number of unbranched alkanes of at least 4 members (excludes halogenated alkanes) is 2. The molecule has 0 saturated heterocycles. The fourth-order valence-electron chi connectivity index (χ4n) is 1.28. The number of amides is 1. The van der Waals surface area contributed by atoms with E-state index in [1.54, 1.807) is 24.3 Å². The van der Waals surface area contributed by atoms with Gasteiger partial charge in [-0.1, -0.05) is 43.6 Å². The Hall–Kier alpha value is -1.03. The first-order valence-electron chi connectivity index (χ1n) is 7.32. The average Bonchev–Trinajstić information content (AvgIpc) is 2.51. The Morgan fingerprint density at radius 1 is 1.05 bits per heavy atom. The molecule has 0 spiro atoms. The Labute approximate surface area is 132 Å². The van der Waals surface area contributed by atoms with Crippen molar-refractivity contribution in [2.24, 2.45) is 5.73 Å². The summed E-state index contributed by atoms with van der Waals surface area (Å²) in [6.07, 6.45) is 3.37. The van der Waals surface area contributed by atoms with Crippen LogP contribution < -0.4 is 10.5 Å². The number of halogens is 1. The lowest BCUT2D eigenvalue weighted by Gasteiger charge is -2.05. The van der Waals surface area contributed by atoms with Gasteiger partial charge in [0.25, 0.3) is 0 Å². The molecule has 0 heterocycles. The molecule has 0 unspecified atom stereocenters. The predicted octanol–water partition coefficient (Wildman–Crippen LogP) is 4.78. The summed E-state index contributed by atoms with van der Waals surface area (Å²) in [6.45, 7) is 8.71. The number of ether oxygens (including phenoxy) is 1. The van der Waals surface area contributed by atoms with Crippen molar-refractivity contribution in [3.63, 3.8) is 0 Å². The van der Waals surface area contributed by atoms with Gasteiger partial charge in [0, 0.05) is 10.9 Å². The molecule has 0 radical (unpaired) electrons. The molecule has 0 aliphatic rings. The number of alkyl halides is 1. The quantitative estimate of drug-likeness (QED) is 0.570. The van der Waals surface area contributed by atoms with Crippen molar-refractivity contribution in [2.45, 2.75) is 47.0 Å². The van der Waals surface area contributed by atoms with Crippen molar-refractivity contribution >= 4 is 21.8 Å². The van der Waals surface area contributed by atoms with Crippen LogP contribution in [-0.2, 0) is 0 Å². The number of nitrogens with two attached hydrogens (primary N) is 1. The predicted molar refractivity (Wildman–Crippen MR) is 90.8 cm³/mol. The maximum atomic E-state index is 10.8. The second kappa shape index (κ2) is 16.0. The molecule has 1 aromatic carbocycles. The first-order valence-corrected chi connectivity index (χ1v) is 8.45. The Morgan fingerprint density at radius 2 is 1.60 bits per heavy atom. The zero-order valence-electron chi connectivity index (χ0n) is 13.1. The molecule has 20 heavy (non-hydrogen) atoms. The molecular weight excluding hydrogens is 318 g/mol. The molecule has 0 saturated carbocycles. The molecule has 2 N–H and O–H groups in total. The van der Waals surface area contributed by atoms with Crippen molar-refractivity contribution in [2.75, 3.05) is 11.9 Å². The van der Waals surface area contributed by atoms with E-state index >= 15 is 0 Å². The summed E-state index contributed by atoms with van der Waals surface area (Å²) in [7, 11) is 0. The third-order valence-electron chi connectivity index (χ3n) is 2.19. The van der Waals surface area contributed by atoms with E-state index < -0.39 is 5.91 Å². The maximum absolute atomic E-state index is 10.8. The smallest absolute Gasteiger partial charge is 0.248 e. The number of benzene rings is 1. The van der Waals surface area contributed by atoms with E-state index in [0.29, 0.717) is 12.2 Å². The Kier molecular flexibility index (Phi) is 17.0. The molecule has 0 aromatic heterocycles. The van der Waals surface area contributed by atoms with Gasteiger partial charge in [0.1, 0.15) is 5.75 Å². The third-order valence-corrected chi connectivity index (χ3v) is 2.75. The first kappa shape index (κ1) is 21.3. The van der Waals surface area contributed by atoms with Gasteiger partial charge in [0.15, 0.2) is 0 Å². The van der Waals surface area contributed by atoms with Crippen molar-refractivity contribution in [3.8, 4) is 5.75 Å². The van der Waals surface area contributed by atoms with Crippen LogP contribution >= 0.6 is 15.9 Å². The molecule has 4 heteroatoms. The largest absolute Gasteiger partial charge is 0.494 e. The minimum atomic E-state index is -0.413. The minimum Gasteiger partial charge on any atom is -0.494 e. The fraction of sp³-hybridized carbons (Fsp3) is 0.562. The van der Waals surface area contributed by atoms with Crippen LogP contribution in [0.25, 0.3) is 0 Å². The molecule has 116 valence electrons. The zero-order valence-corrected chi connectivity index (χ0v) is 14.7. The van der Waals surface area contributed by atoms with E-state index in [1.807, 2.05) is 27.7 Å². The van der Waals surface area contributed by atoms with Gasteiger partial charge < -0.3 is 10.5 Å². The standard InChI is InChI=1S/C12H16BrNO2.2C2H6/c13-8-2-1-3-9-16-11-6-4-10(5-7-11)12(14)15;2*1-2/h4-7H,1-3,8-9H2,(H2,14,15);2*1-2H3. The van der Waals surface area contributed by atoms with Crippen LogP contribution in [-0.4, -0.2) is 17.8 Å². The first-order chi connectivity index (χ1) is 9.74. The van der Waals surface area contributed by atoms with Gasteiger partial charge >= 0.3 is 0 Å². The second-order valence-electron chi connectivity index (χ2n) is 3.49. The third kappa shape index (κ3) is 10.9. The summed E-state index contributed by atoms with van der Waals surface area (Å²) in [5.41, 5.74) is 5.64. The van der Waals surface area contributed by atoms with E-state index in [-0.39, 0.29) is 0 Å². The summed E-state index contributed by atoms with van der Waals surface area (Å²) in [4.78, 5) is 10.8. The minimum absolute atomic E-state index is 0.413. The number of hydrogen-bond acceptors (Lipinski definition) is 2. The molecule has 0 aliphatic heterocycles. The van der Waals surface area contributed by atoms with Gasteiger partial charge in [0.05, 0.1) is 6.61 Å². The summed E-state index contributed by atoms with van der Waals surface area (Å²) in [5, 5.41) is 1.04. The number of hydrogen-bond donors (Lipinski definition) is 1. The van der Waals surface area contributed by atoms with Gasteiger partial charge in [-0.2, -0.15) is 0 Å². The molecular formula is C16H28BrNO2. The molecule has 3 nitrogen and oxygen atoms in total. The number of primary amides is 1. The molecule has 0 atom stereocenters. The number of rotatable bonds is 7. The van der Waals surface area contributed by atoms with Gasteiger partial charge in [-0.25, -0.2) is 0 Å². The zero-order chi connectivity index (χ0) is 15.8. The maximum Gasteiger partial charge on any atom is 0.248 e. The lowest BCUT2D eigenvalue weighted by Crippen LogP contribution is -2.10. The number of carbonyl (C=O) groups excluding carboxylic acids is 1. The van der Waals surface area contributed by atoms with E-state index in [4.69, 9.17) is 10.5 Å². The molecule has 0 bridgehead atoms. The van der Waals surface area contributed by atoms with E-state index in [0.717, 1.165) is 23.9 Å². The second-order valence-corrected chi connectivity index (χ2v) is 4.28. The highest BCUT2D eigenvalue weighted by Crippen LogP contribution is 2.12. The van der Waals surface area contributed by atoms with Crippen LogP contribution in [0.2, 0.25) is 0 Å². The fourth-order valence-corrected chi connectivity index (χ4v) is 1.68. The Balaban J connectivity index is 0.